The molecule has 0 saturated carbocycles. The Morgan fingerprint density at radius 1 is 1.10 bits per heavy atom. The maximum Gasteiger partial charge on any atom is 0.335 e. The summed E-state index contributed by atoms with van der Waals surface area (Å²) in [5, 5.41) is 8.86. The van der Waals surface area contributed by atoms with Gasteiger partial charge in [-0.15, -0.1) is 0 Å². The van der Waals surface area contributed by atoms with Gasteiger partial charge in [-0.3, -0.25) is 4.98 Å². The van der Waals surface area contributed by atoms with Gasteiger partial charge < -0.3 is 9.67 Å². The highest BCUT2D eigenvalue weighted by atomic mass is 16.4. The summed E-state index contributed by atoms with van der Waals surface area (Å²) in [5.74, 6) is -0.931. The van der Waals surface area contributed by atoms with Crippen LogP contribution in [0.2, 0.25) is 0 Å². The van der Waals surface area contributed by atoms with Crippen LogP contribution in [0.5, 0.6) is 0 Å². The highest BCUT2D eigenvalue weighted by molar-refractivity contribution is 5.88. The quantitative estimate of drug-likeness (QED) is 0.790. The van der Waals surface area contributed by atoms with E-state index in [1.54, 1.807) is 43.0 Å². The molecule has 0 atom stereocenters. The molecule has 2 aromatic heterocycles. The van der Waals surface area contributed by atoms with Gasteiger partial charge in [0, 0.05) is 18.0 Å². The van der Waals surface area contributed by atoms with Crippen molar-refractivity contribution >= 4 is 5.97 Å². The Kier molecular flexibility index (Phi) is 3.01. The number of carbonyl (C=O) groups is 1. The molecule has 3 aromatic rings. The number of hydrogen-bond donors (Lipinski definition) is 1. The summed E-state index contributed by atoms with van der Waals surface area (Å²) >= 11 is 0. The smallest absolute Gasteiger partial charge is 0.335 e. The SMILES string of the molecule is O=C(O)c1ccc(-c2ccc(-n3ccnc3)cn2)cc1. The molecule has 3 rings (SSSR count). The molecule has 1 N–H and O–H groups in total. The van der Waals surface area contributed by atoms with E-state index in [-0.39, 0.29) is 5.56 Å². The van der Waals surface area contributed by atoms with Gasteiger partial charge in [-0.2, -0.15) is 0 Å². The van der Waals surface area contributed by atoms with Gasteiger partial charge >= 0.3 is 5.97 Å². The van der Waals surface area contributed by atoms with Crippen LogP contribution in [0.1, 0.15) is 10.4 Å². The number of aromatic nitrogens is 3. The van der Waals surface area contributed by atoms with Crippen molar-refractivity contribution in [3.05, 3.63) is 66.9 Å². The first kappa shape index (κ1) is 12.1. The van der Waals surface area contributed by atoms with Crippen LogP contribution in [0.4, 0.5) is 0 Å². The number of benzene rings is 1. The summed E-state index contributed by atoms with van der Waals surface area (Å²) in [5.41, 5.74) is 2.87. The summed E-state index contributed by atoms with van der Waals surface area (Å²) in [4.78, 5) is 19.2. The molecule has 0 radical (unpaired) electrons. The van der Waals surface area contributed by atoms with Gasteiger partial charge in [0.05, 0.1) is 29.5 Å². The summed E-state index contributed by atoms with van der Waals surface area (Å²) in [6.07, 6.45) is 7.01. The first-order valence-corrected chi connectivity index (χ1v) is 6.02. The molecule has 0 spiro atoms. The van der Waals surface area contributed by atoms with Crippen LogP contribution >= 0.6 is 0 Å². The third-order valence-electron chi connectivity index (χ3n) is 2.98. The number of aromatic carboxylic acids is 1. The lowest BCUT2D eigenvalue weighted by Crippen LogP contribution is -1.95. The van der Waals surface area contributed by atoms with Crippen LogP contribution in [0.15, 0.2) is 61.3 Å². The van der Waals surface area contributed by atoms with Crippen molar-refractivity contribution in [2.75, 3.05) is 0 Å². The second-order valence-corrected chi connectivity index (χ2v) is 4.25. The van der Waals surface area contributed by atoms with Gasteiger partial charge in [0.25, 0.3) is 0 Å². The second-order valence-electron chi connectivity index (χ2n) is 4.25. The van der Waals surface area contributed by atoms with E-state index in [1.807, 2.05) is 22.9 Å². The molecule has 98 valence electrons. The largest absolute Gasteiger partial charge is 0.478 e. The lowest BCUT2D eigenvalue weighted by molar-refractivity contribution is 0.0697. The molecule has 0 amide bonds. The van der Waals surface area contributed by atoms with E-state index in [2.05, 4.69) is 9.97 Å². The summed E-state index contributed by atoms with van der Waals surface area (Å²) in [6.45, 7) is 0. The molecule has 1 aromatic carbocycles. The number of nitrogens with zero attached hydrogens (tertiary/aromatic N) is 3. The van der Waals surface area contributed by atoms with Crippen molar-refractivity contribution in [2.45, 2.75) is 0 Å². The fourth-order valence-electron chi connectivity index (χ4n) is 1.90. The normalized spacial score (nSPS) is 10.4. The first-order chi connectivity index (χ1) is 9.74. The molecule has 0 aliphatic carbocycles. The Bertz CT molecular complexity index is 717. The van der Waals surface area contributed by atoms with Crippen LogP contribution in [-0.4, -0.2) is 25.6 Å². The standard InChI is InChI=1S/C15H11N3O2/c19-15(20)12-3-1-11(2-4-12)14-6-5-13(9-17-14)18-8-7-16-10-18/h1-10H,(H,19,20). The summed E-state index contributed by atoms with van der Waals surface area (Å²) in [7, 11) is 0. The third kappa shape index (κ3) is 2.29. The summed E-state index contributed by atoms with van der Waals surface area (Å²) in [6, 6.07) is 10.5. The van der Waals surface area contributed by atoms with Gasteiger partial charge in [-0.1, -0.05) is 12.1 Å². The molecule has 0 saturated heterocycles. The Labute approximate surface area is 115 Å². The van der Waals surface area contributed by atoms with Gasteiger partial charge in [0.15, 0.2) is 0 Å². The highest BCUT2D eigenvalue weighted by Gasteiger charge is 2.04. The molecule has 0 aliphatic heterocycles. The minimum atomic E-state index is -0.931. The Morgan fingerprint density at radius 2 is 1.90 bits per heavy atom. The summed E-state index contributed by atoms with van der Waals surface area (Å²) < 4.78 is 1.87. The van der Waals surface area contributed by atoms with Gasteiger partial charge in [-0.25, -0.2) is 9.78 Å². The molecule has 5 nitrogen and oxygen atoms in total. The average Bonchev–Trinajstić information content (AvgIpc) is 3.02. The number of imidazole rings is 1. The van der Waals surface area contributed by atoms with Crippen LogP contribution in [0.3, 0.4) is 0 Å². The maximum absolute atomic E-state index is 10.8. The molecule has 0 aliphatic rings. The van der Waals surface area contributed by atoms with Crippen LogP contribution in [0.25, 0.3) is 16.9 Å². The Morgan fingerprint density at radius 3 is 2.45 bits per heavy atom. The zero-order valence-corrected chi connectivity index (χ0v) is 10.5. The van der Waals surface area contributed by atoms with E-state index in [0.717, 1.165) is 16.9 Å². The lowest BCUT2D eigenvalue weighted by atomic mass is 10.1. The van der Waals surface area contributed by atoms with E-state index in [0.29, 0.717) is 0 Å². The Hall–Kier alpha value is -2.95. The van der Waals surface area contributed by atoms with E-state index < -0.39 is 5.97 Å². The molecule has 0 unspecified atom stereocenters. The van der Waals surface area contributed by atoms with E-state index >= 15 is 0 Å². The Balaban J connectivity index is 1.89. The number of rotatable bonds is 3. The van der Waals surface area contributed by atoms with Gasteiger partial charge in [0.2, 0.25) is 0 Å². The zero-order valence-electron chi connectivity index (χ0n) is 10.5. The van der Waals surface area contributed by atoms with Gasteiger partial charge in [-0.05, 0) is 24.3 Å². The van der Waals surface area contributed by atoms with Crippen molar-refractivity contribution in [1.29, 1.82) is 0 Å². The second kappa shape index (κ2) is 4.97. The number of carboxylic acid groups (broad SMARTS) is 1. The number of hydrogen-bond acceptors (Lipinski definition) is 3. The molecule has 20 heavy (non-hydrogen) atoms. The minimum Gasteiger partial charge on any atom is -0.478 e. The van der Waals surface area contributed by atoms with E-state index in [1.165, 1.54) is 0 Å². The van der Waals surface area contributed by atoms with Crippen LogP contribution < -0.4 is 0 Å². The lowest BCUT2D eigenvalue weighted by Gasteiger charge is -2.04. The average molecular weight is 265 g/mol. The van der Waals surface area contributed by atoms with Crippen LogP contribution in [0, 0.1) is 0 Å². The maximum atomic E-state index is 10.8. The van der Waals surface area contributed by atoms with Crippen molar-refractivity contribution in [2.24, 2.45) is 0 Å². The van der Waals surface area contributed by atoms with E-state index in [9.17, 15) is 4.79 Å². The third-order valence-corrected chi connectivity index (χ3v) is 2.98. The first-order valence-electron chi connectivity index (χ1n) is 6.02. The van der Waals surface area contributed by atoms with Crippen LogP contribution in [-0.2, 0) is 0 Å². The molecule has 5 heteroatoms. The van der Waals surface area contributed by atoms with E-state index in [4.69, 9.17) is 5.11 Å². The number of pyridine rings is 1. The topological polar surface area (TPSA) is 68.0 Å². The van der Waals surface area contributed by atoms with Crippen molar-refractivity contribution in [1.82, 2.24) is 14.5 Å². The molecule has 2 heterocycles. The number of carboxylic acids is 1. The molecule has 0 bridgehead atoms. The van der Waals surface area contributed by atoms with Crippen molar-refractivity contribution in [3.63, 3.8) is 0 Å². The predicted molar refractivity (Wildman–Crippen MR) is 73.8 cm³/mol. The predicted octanol–water partition coefficient (Wildman–Crippen LogP) is 2.63. The van der Waals surface area contributed by atoms with Crippen molar-refractivity contribution in [3.8, 4) is 16.9 Å². The molecule has 0 fully saturated rings. The molecular weight excluding hydrogens is 254 g/mol. The van der Waals surface area contributed by atoms with Gasteiger partial charge in [0.1, 0.15) is 0 Å². The monoisotopic (exact) mass is 265 g/mol. The highest BCUT2D eigenvalue weighted by Crippen LogP contribution is 2.18. The minimum absolute atomic E-state index is 0.267. The molecular formula is C15H11N3O2. The fraction of sp³-hybridized carbons (Fsp3) is 0. The van der Waals surface area contributed by atoms with Crippen molar-refractivity contribution < 1.29 is 9.90 Å². The zero-order chi connectivity index (χ0) is 13.9. The fourth-order valence-corrected chi connectivity index (χ4v) is 1.90.